The number of amides is 3. The molecule has 0 radical (unpaired) electrons. The van der Waals surface area contributed by atoms with Crippen molar-refractivity contribution in [3.8, 4) is 0 Å². The quantitative estimate of drug-likeness (QED) is 0.361. The molecule has 0 bridgehead atoms. The monoisotopic (exact) mass is 655 g/mol. The first kappa shape index (κ1) is 36.6. The maximum Gasteiger partial charge on any atom is 0.501 e. The van der Waals surface area contributed by atoms with Gasteiger partial charge in [0.1, 0.15) is 6.04 Å². The van der Waals surface area contributed by atoms with E-state index in [1.54, 1.807) is 25.4 Å². The fourth-order valence-electron chi connectivity index (χ4n) is 2.92. The van der Waals surface area contributed by atoms with Gasteiger partial charge in [0.2, 0.25) is 0 Å². The highest BCUT2D eigenvalue weighted by Gasteiger charge is 2.47. The molecular formula is C22H18F9N3O8S. The highest BCUT2D eigenvalue weighted by atomic mass is 32.2. The summed E-state index contributed by atoms with van der Waals surface area (Å²) in [6.45, 7) is 3.50. The summed E-state index contributed by atoms with van der Waals surface area (Å²) in [4.78, 5) is 48.3. The van der Waals surface area contributed by atoms with Crippen LogP contribution in [-0.4, -0.2) is 76.3 Å². The Hall–Kier alpha value is -4.43. The van der Waals surface area contributed by atoms with Gasteiger partial charge in [-0.05, 0) is 55.3 Å². The van der Waals surface area contributed by atoms with Crippen LogP contribution in [0, 0.1) is 6.92 Å². The molecule has 1 fully saturated rings. The van der Waals surface area contributed by atoms with Crippen molar-refractivity contribution < 1.29 is 77.3 Å². The molecule has 1 aromatic carbocycles. The Labute approximate surface area is 235 Å². The number of aryl methyl sites for hydroxylation is 1. The number of aromatic nitrogens is 1. The molecule has 0 aliphatic carbocycles. The lowest BCUT2D eigenvalue weighted by Gasteiger charge is -2.20. The molecule has 21 heteroatoms. The van der Waals surface area contributed by atoms with Crippen molar-refractivity contribution in [1.29, 1.82) is 0 Å². The highest BCUT2D eigenvalue weighted by Crippen LogP contribution is 2.33. The number of imide groups is 1. The average molecular weight is 655 g/mol. The summed E-state index contributed by atoms with van der Waals surface area (Å²) in [5.41, 5.74) is -3.83. The van der Waals surface area contributed by atoms with Crippen molar-refractivity contribution >= 4 is 39.4 Å². The van der Waals surface area contributed by atoms with E-state index in [4.69, 9.17) is 19.8 Å². The number of rotatable bonds is 4. The fraction of sp³-hybridized carbons (Fsp3) is 0.318. The van der Waals surface area contributed by atoms with Crippen LogP contribution in [0.4, 0.5) is 50.0 Å². The number of carbonyl (C=O) groups excluding carboxylic acids is 2. The molecule has 1 aliphatic heterocycles. The van der Waals surface area contributed by atoms with E-state index < -0.39 is 62.5 Å². The average Bonchev–Trinajstić information content (AvgIpc) is 3.07. The maximum atomic E-state index is 12.8. The van der Waals surface area contributed by atoms with Gasteiger partial charge in [0.05, 0.1) is 10.6 Å². The lowest BCUT2D eigenvalue weighted by Crippen LogP contribution is -2.33. The van der Waals surface area contributed by atoms with E-state index in [-0.39, 0.29) is 12.2 Å². The van der Waals surface area contributed by atoms with Gasteiger partial charge in [0.15, 0.2) is 0 Å². The number of pyridine rings is 1. The number of aliphatic carboxylic acids is 2. The van der Waals surface area contributed by atoms with Crippen LogP contribution >= 0.6 is 0 Å². The topological polar surface area (TPSA) is 162 Å². The molecule has 1 aromatic heterocycles. The molecular weight excluding hydrogens is 637 g/mol. The van der Waals surface area contributed by atoms with E-state index >= 15 is 0 Å². The Bertz CT molecular complexity index is 1430. The number of urea groups is 1. The van der Waals surface area contributed by atoms with E-state index in [2.05, 4.69) is 4.98 Å². The predicted octanol–water partition coefficient (Wildman–Crippen LogP) is 4.31. The van der Waals surface area contributed by atoms with E-state index in [0.717, 1.165) is 40.3 Å². The Kier molecular flexibility index (Phi) is 11.3. The number of carboxylic acids is 2. The molecule has 238 valence electrons. The van der Waals surface area contributed by atoms with Gasteiger partial charge < -0.3 is 15.1 Å². The number of carbonyl (C=O) groups is 4. The molecule has 11 nitrogen and oxygen atoms in total. The Morgan fingerprint density at radius 3 is 1.70 bits per heavy atom. The minimum absolute atomic E-state index is 0.0121. The Morgan fingerprint density at radius 2 is 1.33 bits per heavy atom. The summed E-state index contributed by atoms with van der Waals surface area (Å²) >= 11 is 0. The SMILES string of the molecule is Cc1cnccc1CN1C(=O)N(c2ccc(S(=O)(=O)C(F)(F)F)cc2)C(=O)[C@H]1C.O=C(O)C(F)(F)F.O=C(O)C(F)(F)F. The van der Waals surface area contributed by atoms with Gasteiger partial charge in [-0.15, -0.1) is 0 Å². The minimum Gasteiger partial charge on any atom is -0.475 e. The smallest absolute Gasteiger partial charge is 0.475 e. The largest absolute Gasteiger partial charge is 0.501 e. The lowest BCUT2D eigenvalue weighted by atomic mass is 10.1. The summed E-state index contributed by atoms with van der Waals surface area (Å²) < 4.78 is 124. The van der Waals surface area contributed by atoms with E-state index in [1.807, 2.05) is 6.92 Å². The van der Waals surface area contributed by atoms with Crippen LogP contribution in [0.5, 0.6) is 0 Å². The zero-order valence-electron chi connectivity index (χ0n) is 21.3. The number of carboxylic acid groups (broad SMARTS) is 2. The first-order valence-electron chi connectivity index (χ1n) is 10.9. The third-order valence-corrected chi connectivity index (χ3v) is 6.66. The van der Waals surface area contributed by atoms with Gasteiger partial charge in [-0.1, -0.05) is 0 Å². The van der Waals surface area contributed by atoms with E-state index in [9.17, 15) is 57.5 Å². The first-order valence-corrected chi connectivity index (χ1v) is 12.4. The molecule has 3 rings (SSSR count). The Morgan fingerprint density at radius 1 is 0.884 bits per heavy atom. The Balaban J connectivity index is 0.000000548. The zero-order valence-corrected chi connectivity index (χ0v) is 22.1. The van der Waals surface area contributed by atoms with Crippen molar-refractivity contribution in [3.63, 3.8) is 0 Å². The van der Waals surface area contributed by atoms with Crippen molar-refractivity contribution in [2.75, 3.05) is 4.90 Å². The van der Waals surface area contributed by atoms with Crippen molar-refractivity contribution in [2.24, 2.45) is 0 Å². The number of benzene rings is 1. The first-order chi connectivity index (χ1) is 19.3. The fourth-order valence-corrected chi connectivity index (χ4v) is 3.68. The summed E-state index contributed by atoms with van der Waals surface area (Å²) in [6, 6.07) is 3.72. The summed E-state index contributed by atoms with van der Waals surface area (Å²) in [5.74, 6) is -6.08. The van der Waals surface area contributed by atoms with Crippen LogP contribution in [0.15, 0.2) is 47.6 Å². The van der Waals surface area contributed by atoms with E-state index in [1.165, 1.54) is 4.90 Å². The third kappa shape index (κ3) is 9.28. The number of alkyl halides is 9. The summed E-state index contributed by atoms with van der Waals surface area (Å²) in [5, 5.41) is 14.2. The second-order valence-corrected chi connectivity index (χ2v) is 10.1. The van der Waals surface area contributed by atoms with Crippen molar-refractivity contribution in [1.82, 2.24) is 9.88 Å². The van der Waals surface area contributed by atoms with Crippen LogP contribution < -0.4 is 4.90 Å². The van der Waals surface area contributed by atoms with Gasteiger partial charge in [-0.2, -0.15) is 39.5 Å². The number of sulfone groups is 1. The van der Waals surface area contributed by atoms with Gasteiger partial charge >= 0.3 is 35.8 Å². The minimum atomic E-state index is -5.52. The van der Waals surface area contributed by atoms with Crippen molar-refractivity contribution in [3.05, 3.63) is 53.9 Å². The van der Waals surface area contributed by atoms with Crippen LogP contribution in [-0.2, 0) is 30.8 Å². The number of anilines is 1. The number of hydrogen-bond donors (Lipinski definition) is 2. The summed E-state index contributed by atoms with van der Waals surface area (Å²) in [7, 11) is -5.52. The second kappa shape index (κ2) is 13.3. The van der Waals surface area contributed by atoms with Crippen LogP contribution in [0.3, 0.4) is 0 Å². The third-order valence-electron chi connectivity index (χ3n) is 5.15. The predicted molar refractivity (Wildman–Crippen MR) is 124 cm³/mol. The molecule has 2 N–H and O–H groups in total. The second-order valence-electron chi connectivity index (χ2n) is 8.11. The highest BCUT2D eigenvalue weighted by molar-refractivity contribution is 7.92. The standard InChI is InChI=1S/C18H16F3N3O4S.2C2HF3O2/c1-11-9-22-8-7-13(11)10-23-12(2)16(25)24(17(23)26)14-3-5-15(6-4-14)29(27,28)18(19,20)21;2*3-2(4,5)1(6)7/h3-9,12H,10H2,1-2H3;2*(H,6,7)/t12-;;/m1../s1. The zero-order chi connectivity index (χ0) is 33.7. The van der Waals surface area contributed by atoms with Crippen LogP contribution in [0.25, 0.3) is 0 Å². The van der Waals surface area contributed by atoms with Crippen molar-refractivity contribution in [2.45, 2.75) is 49.2 Å². The molecule has 1 saturated heterocycles. The molecule has 43 heavy (non-hydrogen) atoms. The number of hydrogen-bond acceptors (Lipinski definition) is 7. The van der Waals surface area contributed by atoms with Crippen LogP contribution in [0.1, 0.15) is 18.1 Å². The van der Waals surface area contributed by atoms with Gasteiger partial charge in [0.25, 0.3) is 15.7 Å². The van der Waals surface area contributed by atoms with Gasteiger partial charge in [0, 0.05) is 18.9 Å². The van der Waals surface area contributed by atoms with Crippen LogP contribution in [0.2, 0.25) is 0 Å². The molecule has 0 spiro atoms. The molecule has 3 amide bonds. The number of halogens is 9. The molecule has 2 aromatic rings. The lowest BCUT2D eigenvalue weighted by molar-refractivity contribution is -0.193. The number of nitrogens with zero attached hydrogens (tertiary/aromatic N) is 3. The van der Waals surface area contributed by atoms with Gasteiger partial charge in [-0.3, -0.25) is 9.78 Å². The van der Waals surface area contributed by atoms with E-state index in [0.29, 0.717) is 0 Å². The van der Waals surface area contributed by atoms with Gasteiger partial charge in [-0.25, -0.2) is 27.7 Å². The summed E-state index contributed by atoms with van der Waals surface area (Å²) in [6.07, 6.45) is -6.98. The molecule has 1 aliphatic rings. The molecule has 0 saturated carbocycles. The maximum absolute atomic E-state index is 12.8. The molecule has 1 atom stereocenters. The normalized spacial score (nSPS) is 15.7. The molecule has 0 unspecified atom stereocenters. The molecule has 2 heterocycles.